The summed E-state index contributed by atoms with van der Waals surface area (Å²) in [4.78, 5) is 27.5. The van der Waals surface area contributed by atoms with Crippen molar-refractivity contribution >= 4 is 23.2 Å². The molecule has 1 spiro atoms. The molecule has 0 bridgehead atoms. The van der Waals surface area contributed by atoms with Gasteiger partial charge in [0, 0.05) is 26.1 Å². The monoisotopic (exact) mass is 358 g/mol. The molecule has 2 aliphatic heterocycles. The predicted octanol–water partition coefficient (Wildman–Crippen LogP) is 2.66. The molecule has 132 valence electrons. The molecule has 6 nitrogen and oxygen atoms in total. The number of hydrogen-bond acceptors (Lipinski definition) is 4. The van der Waals surface area contributed by atoms with E-state index >= 15 is 0 Å². The molecule has 2 aromatic heterocycles. The summed E-state index contributed by atoms with van der Waals surface area (Å²) < 4.78 is 0. The van der Waals surface area contributed by atoms with Crippen LogP contribution >= 0.6 is 11.3 Å². The Bertz CT molecular complexity index is 760. The van der Waals surface area contributed by atoms with Gasteiger partial charge in [0.05, 0.1) is 22.3 Å². The number of carbonyl (C=O) groups excluding carboxylic acids is 2. The number of aromatic amines is 1. The lowest BCUT2D eigenvalue weighted by atomic mass is 9.73. The number of piperidine rings is 1. The van der Waals surface area contributed by atoms with Crippen LogP contribution in [0.4, 0.5) is 0 Å². The lowest BCUT2D eigenvalue weighted by Gasteiger charge is -2.41. The van der Waals surface area contributed by atoms with Crippen LogP contribution in [-0.2, 0) is 4.79 Å². The number of nitrogens with one attached hydrogen (secondary N) is 2. The van der Waals surface area contributed by atoms with Crippen molar-refractivity contribution in [3.8, 4) is 10.6 Å². The molecule has 0 saturated carbocycles. The Morgan fingerprint density at radius 2 is 2.08 bits per heavy atom. The van der Waals surface area contributed by atoms with E-state index in [1.165, 1.54) is 0 Å². The Balaban J connectivity index is 1.45. The highest BCUT2D eigenvalue weighted by atomic mass is 32.1. The average Bonchev–Trinajstić information content (AvgIpc) is 3.28. The van der Waals surface area contributed by atoms with Gasteiger partial charge >= 0.3 is 0 Å². The van der Waals surface area contributed by atoms with Gasteiger partial charge in [-0.05, 0) is 42.5 Å². The van der Waals surface area contributed by atoms with Crippen molar-refractivity contribution in [1.29, 1.82) is 0 Å². The van der Waals surface area contributed by atoms with E-state index in [2.05, 4.69) is 15.5 Å². The van der Waals surface area contributed by atoms with Crippen LogP contribution in [0.3, 0.4) is 0 Å². The fourth-order valence-electron chi connectivity index (χ4n) is 3.97. The Labute approximate surface area is 150 Å². The molecule has 2 aliphatic rings. The fraction of sp³-hybridized carbons (Fsp3) is 0.500. The van der Waals surface area contributed by atoms with Crippen LogP contribution in [0.1, 0.15) is 42.5 Å². The van der Waals surface area contributed by atoms with Crippen LogP contribution in [0.25, 0.3) is 10.6 Å². The smallest absolute Gasteiger partial charge is 0.257 e. The maximum atomic E-state index is 13.0. The summed E-state index contributed by atoms with van der Waals surface area (Å²) in [5.41, 5.74) is 1.67. The molecule has 2 N–H and O–H groups in total. The van der Waals surface area contributed by atoms with Crippen molar-refractivity contribution < 1.29 is 9.59 Å². The van der Waals surface area contributed by atoms with Gasteiger partial charge in [0.15, 0.2) is 0 Å². The number of aromatic nitrogens is 2. The van der Waals surface area contributed by atoms with E-state index in [0.717, 1.165) is 55.9 Å². The SMILES string of the molecule is O=C1CCC2(CCN1)CCN(C(=O)c1cn[nH]c1-c1cccs1)CC2. The average molecular weight is 358 g/mol. The first kappa shape index (κ1) is 16.3. The third-order valence-corrected chi connectivity index (χ3v) is 6.50. The predicted molar refractivity (Wildman–Crippen MR) is 96.3 cm³/mol. The van der Waals surface area contributed by atoms with Gasteiger partial charge in [0.1, 0.15) is 0 Å². The van der Waals surface area contributed by atoms with Crippen LogP contribution < -0.4 is 5.32 Å². The van der Waals surface area contributed by atoms with Crippen LogP contribution in [-0.4, -0.2) is 46.5 Å². The molecule has 2 amide bonds. The highest BCUT2D eigenvalue weighted by molar-refractivity contribution is 7.13. The van der Waals surface area contributed by atoms with Crippen LogP contribution in [0.2, 0.25) is 0 Å². The maximum Gasteiger partial charge on any atom is 0.257 e. The van der Waals surface area contributed by atoms with E-state index in [1.807, 2.05) is 22.4 Å². The zero-order valence-electron chi connectivity index (χ0n) is 14.1. The lowest BCUT2D eigenvalue weighted by Crippen LogP contribution is -2.43. The number of rotatable bonds is 2. The molecule has 2 aromatic rings. The van der Waals surface area contributed by atoms with E-state index in [-0.39, 0.29) is 17.2 Å². The molecule has 25 heavy (non-hydrogen) atoms. The molecule has 4 heterocycles. The van der Waals surface area contributed by atoms with E-state index in [0.29, 0.717) is 12.0 Å². The summed E-state index contributed by atoms with van der Waals surface area (Å²) in [6, 6.07) is 3.97. The number of thiophene rings is 1. The summed E-state index contributed by atoms with van der Waals surface area (Å²) in [5.74, 6) is 0.212. The minimum Gasteiger partial charge on any atom is -0.356 e. The standard InChI is InChI=1S/C18H22N4O2S/c23-15-3-4-18(5-8-19-15)6-9-22(10-7-18)17(24)13-12-20-21-16(13)14-2-1-11-25-14/h1-2,11-12H,3-10H2,(H,19,23)(H,20,21). The topological polar surface area (TPSA) is 78.1 Å². The Hall–Kier alpha value is -2.15. The molecule has 7 heteroatoms. The molecular weight excluding hydrogens is 336 g/mol. The number of H-pyrrole nitrogens is 1. The minimum absolute atomic E-state index is 0.0508. The molecule has 0 atom stereocenters. The fourth-order valence-corrected chi connectivity index (χ4v) is 4.70. The largest absolute Gasteiger partial charge is 0.356 e. The van der Waals surface area contributed by atoms with E-state index in [9.17, 15) is 9.59 Å². The third-order valence-electron chi connectivity index (χ3n) is 5.61. The second-order valence-electron chi connectivity index (χ2n) is 7.03. The van der Waals surface area contributed by atoms with Crippen LogP contribution in [0, 0.1) is 5.41 Å². The van der Waals surface area contributed by atoms with E-state index in [4.69, 9.17) is 0 Å². The normalized spacial score (nSPS) is 20.3. The van der Waals surface area contributed by atoms with E-state index in [1.54, 1.807) is 17.5 Å². The molecule has 0 unspecified atom stereocenters. The van der Waals surface area contributed by atoms with Crippen molar-refractivity contribution in [2.45, 2.75) is 32.1 Å². The van der Waals surface area contributed by atoms with Gasteiger partial charge in [-0.2, -0.15) is 5.10 Å². The molecule has 2 saturated heterocycles. The molecule has 0 radical (unpaired) electrons. The van der Waals surface area contributed by atoms with Gasteiger partial charge in [0.25, 0.3) is 5.91 Å². The summed E-state index contributed by atoms with van der Waals surface area (Å²) in [5, 5.41) is 12.0. The van der Waals surface area contributed by atoms with Crippen molar-refractivity contribution in [1.82, 2.24) is 20.4 Å². The highest BCUT2D eigenvalue weighted by Gasteiger charge is 2.37. The zero-order chi connectivity index (χ0) is 17.3. The van der Waals surface area contributed by atoms with E-state index < -0.39 is 0 Å². The number of likely N-dealkylation sites (tertiary alicyclic amines) is 1. The Kier molecular flexibility index (Phi) is 4.33. The first-order valence-electron chi connectivity index (χ1n) is 8.80. The number of nitrogens with zero attached hydrogens (tertiary/aromatic N) is 2. The van der Waals surface area contributed by atoms with Crippen molar-refractivity contribution in [2.75, 3.05) is 19.6 Å². The van der Waals surface area contributed by atoms with Gasteiger partial charge in [-0.3, -0.25) is 14.7 Å². The second kappa shape index (κ2) is 6.63. The Morgan fingerprint density at radius 3 is 2.84 bits per heavy atom. The molecule has 0 aromatic carbocycles. The number of hydrogen-bond donors (Lipinski definition) is 2. The van der Waals surface area contributed by atoms with Gasteiger partial charge in [-0.1, -0.05) is 6.07 Å². The van der Waals surface area contributed by atoms with Crippen molar-refractivity contribution in [2.24, 2.45) is 5.41 Å². The van der Waals surface area contributed by atoms with Gasteiger partial charge in [-0.15, -0.1) is 11.3 Å². The molecule has 2 fully saturated rings. The maximum absolute atomic E-state index is 13.0. The molecule has 0 aliphatic carbocycles. The molecule has 4 rings (SSSR count). The van der Waals surface area contributed by atoms with Crippen LogP contribution in [0.15, 0.2) is 23.7 Å². The summed E-state index contributed by atoms with van der Waals surface area (Å²) in [6.07, 6.45) is 6.15. The Morgan fingerprint density at radius 1 is 1.24 bits per heavy atom. The number of amides is 2. The third kappa shape index (κ3) is 3.20. The summed E-state index contributed by atoms with van der Waals surface area (Å²) in [6.45, 7) is 2.27. The highest BCUT2D eigenvalue weighted by Crippen LogP contribution is 2.40. The lowest BCUT2D eigenvalue weighted by molar-refractivity contribution is -0.121. The summed E-state index contributed by atoms with van der Waals surface area (Å²) in [7, 11) is 0. The quantitative estimate of drug-likeness (QED) is 0.866. The number of carbonyl (C=O) groups is 2. The van der Waals surface area contributed by atoms with Gasteiger partial charge in [-0.25, -0.2) is 0 Å². The van der Waals surface area contributed by atoms with Crippen LogP contribution in [0.5, 0.6) is 0 Å². The van der Waals surface area contributed by atoms with Gasteiger partial charge < -0.3 is 10.2 Å². The first-order chi connectivity index (χ1) is 12.2. The van der Waals surface area contributed by atoms with Gasteiger partial charge in [0.2, 0.25) is 5.91 Å². The van der Waals surface area contributed by atoms with Crippen molar-refractivity contribution in [3.63, 3.8) is 0 Å². The first-order valence-corrected chi connectivity index (χ1v) is 9.68. The second-order valence-corrected chi connectivity index (χ2v) is 7.98. The minimum atomic E-state index is 0.0508. The molecular formula is C18H22N4O2S. The van der Waals surface area contributed by atoms with Crippen molar-refractivity contribution in [3.05, 3.63) is 29.3 Å². The summed E-state index contributed by atoms with van der Waals surface area (Å²) >= 11 is 1.60. The zero-order valence-corrected chi connectivity index (χ0v) is 14.9.